The number of aromatic nitrogens is 3. The minimum Gasteiger partial charge on any atom is -0.298 e. The van der Waals surface area contributed by atoms with Crippen molar-refractivity contribution in [3.63, 3.8) is 0 Å². The molecule has 2 aromatic carbocycles. The fraction of sp³-hybridized carbons (Fsp3) is 0.200. The molecule has 0 spiro atoms. The summed E-state index contributed by atoms with van der Waals surface area (Å²) in [5.74, 6) is 1.78. The number of aryl methyl sites for hydroxylation is 3. The first-order chi connectivity index (χ1) is 14.6. The SMILES string of the molecule is C=CCn1c(SCc2ccccc2C)nnc1-c1csc(C)c1-c1ccc(C)cc1. The average Bonchev–Trinajstić information content (AvgIpc) is 3.31. The van der Waals surface area contributed by atoms with Crippen LogP contribution in [-0.4, -0.2) is 14.8 Å². The van der Waals surface area contributed by atoms with Gasteiger partial charge in [0.1, 0.15) is 0 Å². The summed E-state index contributed by atoms with van der Waals surface area (Å²) in [4.78, 5) is 1.29. The molecule has 0 saturated heterocycles. The lowest BCUT2D eigenvalue weighted by Crippen LogP contribution is -2.01. The van der Waals surface area contributed by atoms with Crippen molar-refractivity contribution >= 4 is 23.1 Å². The highest BCUT2D eigenvalue weighted by Gasteiger charge is 2.20. The molecule has 0 unspecified atom stereocenters. The molecule has 3 nitrogen and oxygen atoms in total. The molecule has 30 heavy (non-hydrogen) atoms. The Labute approximate surface area is 186 Å². The lowest BCUT2D eigenvalue weighted by Gasteiger charge is -2.10. The van der Waals surface area contributed by atoms with E-state index in [-0.39, 0.29) is 0 Å². The molecule has 0 bridgehead atoms. The van der Waals surface area contributed by atoms with Gasteiger partial charge in [0.15, 0.2) is 11.0 Å². The lowest BCUT2D eigenvalue weighted by atomic mass is 10.0. The van der Waals surface area contributed by atoms with Gasteiger partial charge in [-0.1, -0.05) is 71.9 Å². The van der Waals surface area contributed by atoms with E-state index in [4.69, 9.17) is 0 Å². The molecule has 2 heterocycles. The molecular weight excluding hydrogens is 406 g/mol. The van der Waals surface area contributed by atoms with Crippen LogP contribution in [0.5, 0.6) is 0 Å². The van der Waals surface area contributed by atoms with Crippen LogP contribution < -0.4 is 0 Å². The summed E-state index contributed by atoms with van der Waals surface area (Å²) in [6.07, 6.45) is 1.91. The van der Waals surface area contributed by atoms with Crippen molar-refractivity contribution in [3.05, 3.63) is 88.1 Å². The second-order valence-electron chi connectivity index (χ2n) is 7.37. The van der Waals surface area contributed by atoms with Gasteiger partial charge >= 0.3 is 0 Å². The summed E-state index contributed by atoms with van der Waals surface area (Å²) in [5.41, 5.74) is 7.49. The van der Waals surface area contributed by atoms with Crippen molar-refractivity contribution in [2.24, 2.45) is 0 Å². The standard InChI is InChI=1S/C25H25N3S2/c1-5-14-28-24(26-27-25(28)30-15-21-9-7-6-8-18(21)3)22-16-29-19(4)23(22)20-12-10-17(2)11-13-20/h5-13,16H,1,14-15H2,2-4H3. The van der Waals surface area contributed by atoms with Crippen molar-refractivity contribution in [1.82, 2.24) is 14.8 Å². The molecule has 2 aromatic heterocycles. The van der Waals surface area contributed by atoms with Crippen LogP contribution in [0.2, 0.25) is 0 Å². The Bertz CT molecular complexity index is 1170. The molecule has 0 aliphatic carbocycles. The molecule has 0 aliphatic heterocycles. The van der Waals surface area contributed by atoms with Gasteiger partial charge in [-0.05, 0) is 37.5 Å². The highest BCUT2D eigenvalue weighted by Crippen LogP contribution is 2.39. The summed E-state index contributed by atoms with van der Waals surface area (Å²) in [5, 5.41) is 12.3. The number of hydrogen-bond donors (Lipinski definition) is 0. The molecule has 0 aliphatic rings. The molecule has 0 N–H and O–H groups in total. The Morgan fingerprint density at radius 3 is 2.53 bits per heavy atom. The maximum absolute atomic E-state index is 4.61. The van der Waals surface area contributed by atoms with Crippen LogP contribution in [0.1, 0.15) is 21.6 Å². The fourth-order valence-corrected chi connectivity index (χ4v) is 5.39. The van der Waals surface area contributed by atoms with Crippen molar-refractivity contribution in [2.45, 2.75) is 38.2 Å². The third-order valence-electron chi connectivity index (χ3n) is 5.20. The number of thioether (sulfide) groups is 1. The zero-order valence-corrected chi connectivity index (χ0v) is 19.2. The van der Waals surface area contributed by atoms with Gasteiger partial charge in [0, 0.05) is 33.7 Å². The van der Waals surface area contributed by atoms with Gasteiger partial charge in [-0.2, -0.15) is 0 Å². The zero-order chi connectivity index (χ0) is 21.1. The van der Waals surface area contributed by atoms with E-state index < -0.39 is 0 Å². The fourth-order valence-electron chi connectivity index (χ4n) is 3.50. The summed E-state index contributed by atoms with van der Waals surface area (Å²) >= 11 is 3.48. The van der Waals surface area contributed by atoms with Gasteiger partial charge in [-0.3, -0.25) is 4.57 Å². The van der Waals surface area contributed by atoms with E-state index in [0.717, 1.165) is 22.3 Å². The van der Waals surface area contributed by atoms with Crippen molar-refractivity contribution in [1.29, 1.82) is 0 Å². The van der Waals surface area contributed by atoms with Gasteiger partial charge < -0.3 is 0 Å². The molecular formula is C25H25N3S2. The maximum atomic E-state index is 4.61. The molecule has 4 aromatic rings. The van der Waals surface area contributed by atoms with Crippen LogP contribution in [0.25, 0.3) is 22.5 Å². The summed E-state index contributed by atoms with van der Waals surface area (Å²) in [6.45, 7) is 11.1. The molecule has 0 amide bonds. The molecule has 0 atom stereocenters. The smallest absolute Gasteiger partial charge is 0.192 e. The largest absolute Gasteiger partial charge is 0.298 e. The lowest BCUT2D eigenvalue weighted by molar-refractivity contribution is 0.731. The minimum atomic E-state index is 0.681. The van der Waals surface area contributed by atoms with Gasteiger partial charge in [-0.25, -0.2) is 0 Å². The van der Waals surface area contributed by atoms with Crippen LogP contribution in [0.15, 0.2) is 71.7 Å². The Morgan fingerprint density at radius 1 is 1.03 bits per heavy atom. The quantitative estimate of drug-likeness (QED) is 0.231. The number of rotatable bonds is 7. The van der Waals surface area contributed by atoms with E-state index in [2.05, 4.69) is 96.0 Å². The van der Waals surface area contributed by atoms with Crippen LogP contribution in [0.4, 0.5) is 0 Å². The molecule has 4 rings (SSSR count). The van der Waals surface area contributed by atoms with Crippen molar-refractivity contribution < 1.29 is 0 Å². The van der Waals surface area contributed by atoms with E-state index >= 15 is 0 Å². The Hall–Kier alpha value is -2.63. The van der Waals surface area contributed by atoms with Crippen LogP contribution in [0.3, 0.4) is 0 Å². The molecule has 152 valence electrons. The third kappa shape index (κ3) is 4.13. The van der Waals surface area contributed by atoms with E-state index in [9.17, 15) is 0 Å². The summed E-state index contributed by atoms with van der Waals surface area (Å²) in [7, 11) is 0. The Kier molecular flexibility index (Phi) is 6.21. The molecule has 5 heteroatoms. The molecule has 0 fully saturated rings. The minimum absolute atomic E-state index is 0.681. The van der Waals surface area contributed by atoms with Crippen molar-refractivity contribution in [3.8, 4) is 22.5 Å². The van der Waals surface area contributed by atoms with E-state index in [1.54, 1.807) is 23.1 Å². The summed E-state index contributed by atoms with van der Waals surface area (Å²) in [6, 6.07) is 17.2. The van der Waals surface area contributed by atoms with Crippen molar-refractivity contribution in [2.75, 3.05) is 0 Å². The topological polar surface area (TPSA) is 30.7 Å². The normalized spacial score (nSPS) is 11.0. The van der Waals surface area contributed by atoms with Gasteiger partial charge in [-0.15, -0.1) is 28.1 Å². The Morgan fingerprint density at radius 2 is 1.80 bits per heavy atom. The second kappa shape index (κ2) is 9.02. The van der Waals surface area contributed by atoms with Crippen LogP contribution in [0, 0.1) is 20.8 Å². The van der Waals surface area contributed by atoms with Gasteiger partial charge in [0.25, 0.3) is 0 Å². The van der Waals surface area contributed by atoms with Gasteiger partial charge in [0.05, 0.1) is 0 Å². The number of allylic oxidation sites excluding steroid dienone is 1. The highest BCUT2D eigenvalue weighted by molar-refractivity contribution is 7.98. The first-order valence-electron chi connectivity index (χ1n) is 9.95. The summed E-state index contributed by atoms with van der Waals surface area (Å²) < 4.78 is 2.18. The molecule has 0 radical (unpaired) electrons. The number of thiophene rings is 1. The van der Waals surface area contributed by atoms with E-state index in [1.165, 1.54) is 32.7 Å². The Balaban J connectivity index is 1.71. The first-order valence-corrected chi connectivity index (χ1v) is 11.8. The molecule has 0 saturated carbocycles. The maximum Gasteiger partial charge on any atom is 0.192 e. The number of benzene rings is 2. The highest BCUT2D eigenvalue weighted by atomic mass is 32.2. The first kappa shape index (κ1) is 20.6. The second-order valence-corrected chi connectivity index (χ2v) is 9.39. The predicted molar refractivity (Wildman–Crippen MR) is 129 cm³/mol. The number of nitrogens with zero attached hydrogens (tertiary/aromatic N) is 3. The average molecular weight is 432 g/mol. The number of hydrogen-bond acceptors (Lipinski definition) is 4. The van der Waals surface area contributed by atoms with E-state index in [0.29, 0.717) is 6.54 Å². The predicted octanol–water partition coefficient (Wildman–Crippen LogP) is 7.08. The van der Waals surface area contributed by atoms with Crippen LogP contribution >= 0.6 is 23.1 Å². The van der Waals surface area contributed by atoms with E-state index in [1.807, 2.05) is 6.08 Å². The van der Waals surface area contributed by atoms with Crippen LogP contribution in [-0.2, 0) is 12.3 Å². The zero-order valence-electron chi connectivity index (χ0n) is 17.6. The third-order valence-corrected chi connectivity index (χ3v) is 7.13. The van der Waals surface area contributed by atoms with Gasteiger partial charge in [0.2, 0.25) is 0 Å². The monoisotopic (exact) mass is 431 g/mol.